The third-order valence-electron chi connectivity index (χ3n) is 3.63. The van der Waals surface area contributed by atoms with Gasteiger partial charge in [-0.15, -0.1) is 0 Å². The number of rotatable bonds is 5. The number of benzene rings is 2. The number of ether oxygens (including phenoxy) is 2. The minimum Gasteiger partial charge on any atom is -0.486 e. The predicted octanol–water partition coefficient (Wildman–Crippen LogP) is 2.60. The second-order valence-electron chi connectivity index (χ2n) is 5.56. The largest absolute Gasteiger partial charge is 0.486 e. The highest BCUT2D eigenvalue weighted by molar-refractivity contribution is 5.72. The maximum atomic E-state index is 12.0. The van der Waals surface area contributed by atoms with E-state index in [0.29, 0.717) is 25.5 Å². The Morgan fingerprint density at radius 1 is 1.17 bits per heavy atom. The molecule has 0 radical (unpaired) electrons. The first-order chi connectivity index (χ1) is 11.7. The number of para-hydroxylation sites is 2. The normalized spacial score (nSPS) is 15.6. The molecule has 1 heterocycles. The molecule has 1 aliphatic rings. The zero-order valence-electron chi connectivity index (χ0n) is 13.5. The number of fused-ring (bicyclic) bond motifs is 1. The molecular weight excluding hydrogens is 308 g/mol. The minimum absolute atomic E-state index is 0.218. The van der Waals surface area contributed by atoms with Crippen molar-refractivity contribution in [1.82, 2.24) is 10.4 Å². The van der Waals surface area contributed by atoms with Gasteiger partial charge in [-0.3, -0.25) is 4.84 Å². The van der Waals surface area contributed by atoms with Gasteiger partial charge < -0.3 is 14.4 Å². The molecule has 0 fully saturated rings. The van der Waals surface area contributed by atoms with E-state index in [2.05, 4.69) is 5.48 Å². The summed E-state index contributed by atoms with van der Waals surface area (Å²) in [5.74, 6) is 1.43. The lowest BCUT2D eigenvalue weighted by Gasteiger charge is -2.29. The topological polar surface area (TPSA) is 60.0 Å². The summed E-state index contributed by atoms with van der Waals surface area (Å²) in [5.41, 5.74) is 3.42. The number of carbonyl (C=O) groups excluding carboxylic acids is 1. The second kappa shape index (κ2) is 7.70. The number of hydroxylamine groups is 1. The van der Waals surface area contributed by atoms with E-state index in [1.165, 1.54) is 4.90 Å². The molecule has 126 valence electrons. The number of likely N-dealkylation sites (N-methyl/N-ethyl adjacent to an activating group) is 1. The molecule has 2 aromatic carbocycles. The monoisotopic (exact) mass is 328 g/mol. The van der Waals surface area contributed by atoms with Crippen molar-refractivity contribution in [1.29, 1.82) is 0 Å². The van der Waals surface area contributed by atoms with Crippen LogP contribution in [0.2, 0.25) is 0 Å². The molecule has 0 aromatic heterocycles. The first-order valence-corrected chi connectivity index (χ1v) is 7.77. The fourth-order valence-electron chi connectivity index (χ4n) is 2.37. The smallest absolute Gasteiger partial charge is 0.341 e. The molecule has 0 spiro atoms. The quantitative estimate of drug-likeness (QED) is 0.857. The highest BCUT2D eigenvalue weighted by atomic mass is 16.7. The third-order valence-corrected chi connectivity index (χ3v) is 3.63. The second-order valence-corrected chi connectivity index (χ2v) is 5.56. The summed E-state index contributed by atoms with van der Waals surface area (Å²) < 4.78 is 11.5. The van der Waals surface area contributed by atoms with Crippen molar-refractivity contribution in [3.8, 4) is 11.5 Å². The number of hydrogen-bond donors (Lipinski definition) is 1. The molecule has 0 bridgehead atoms. The zero-order chi connectivity index (χ0) is 16.8. The van der Waals surface area contributed by atoms with Gasteiger partial charge in [0.05, 0.1) is 13.2 Å². The van der Waals surface area contributed by atoms with Gasteiger partial charge in [-0.05, 0) is 17.7 Å². The van der Waals surface area contributed by atoms with Gasteiger partial charge in [-0.2, -0.15) is 0 Å². The Morgan fingerprint density at radius 2 is 1.88 bits per heavy atom. The van der Waals surface area contributed by atoms with E-state index in [9.17, 15) is 4.79 Å². The molecule has 6 nitrogen and oxygen atoms in total. The predicted molar refractivity (Wildman–Crippen MR) is 88.7 cm³/mol. The van der Waals surface area contributed by atoms with Crippen LogP contribution in [-0.4, -0.2) is 37.2 Å². The maximum absolute atomic E-state index is 12.0. The lowest BCUT2D eigenvalue weighted by atomic mass is 10.2. The van der Waals surface area contributed by atoms with Gasteiger partial charge in [-0.1, -0.05) is 42.5 Å². The van der Waals surface area contributed by atoms with Crippen LogP contribution in [0.4, 0.5) is 4.79 Å². The van der Waals surface area contributed by atoms with Crippen LogP contribution < -0.4 is 15.0 Å². The number of nitrogens with one attached hydrogen (secondary N) is 1. The molecule has 2 aromatic rings. The average molecular weight is 328 g/mol. The Balaban J connectivity index is 1.43. The molecule has 3 rings (SSSR count). The van der Waals surface area contributed by atoms with Crippen LogP contribution in [0.5, 0.6) is 11.5 Å². The van der Waals surface area contributed by atoms with Gasteiger partial charge in [0.1, 0.15) is 6.61 Å². The van der Waals surface area contributed by atoms with Gasteiger partial charge in [0, 0.05) is 7.05 Å². The fraction of sp³-hybridized carbons (Fsp3) is 0.278. The van der Waals surface area contributed by atoms with Crippen LogP contribution in [0.1, 0.15) is 5.56 Å². The maximum Gasteiger partial charge on any atom is 0.341 e. The van der Waals surface area contributed by atoms with Crippen molar-refractivity contribution in [3.63, 3.8) is 0 Å². The van der Waals surface area contributed by atoms with Crippen LogP contribution in [0, 0.1) is 0 Å². The molecule has 0 unspecified atom stereocenters. The van der Waals surface area contributed by atoms with Gasteiger partial charge >= 0.3 is 6.03 Å². The van der Waals surface area contributed by atoms with Crippen LogP contribution in [0.15, 0.2) is 54.6 Å². The zero-order valence-corrected chi connectivity index (χ0v) is 13.5. The highest BCUT2D eigenvalue weighted by Crippen LogP contribution is 2.30. The number of nitrogens with zero attached hydrogens (tertiary/aromatic N) is 1. The van der Waals surface area contributed by atoms with Crippen molar-refractivity contribution in [2.75, 3.05) is 20.2 Å². The first kappa shape index (κ1) is 16.1. The van der Waals surface area contributed by atoms with E-state index in [1.54, 1.807) is 7.05 Å². The minimum atomic E-state index is -0.326. The summed E-state index contributed by atoms with van der Waals surface area (Å²) in [4.78, 5) is 18.8. The van der Waals surface area contributed by atoms with Crippen LogP contribution >= 0.6 is 0 Å². The average Bonchev–Trinajstić information content (AvgIpc) is 2.62. The Labute approximate surface area is 140 Å². The van der Waals surface area contributed by atoms with Gasteiger partial charge in [0.25, 0.3) is 0 Å². The lowest BCUT2D eigenvalue weighted by Crippen LogP contribution is -2.45. The summed E-state index contributed by atoms with van der Waals surface area (Å²) in [5, 5.41) is 0. The summed E-state index contributed by atoms with van der Waals surface area (Å²) >= 11 is 0. The van der Waals surface area contributed by atoms with Crippen LogP contribution in [-0.2, 0) is 11.4 Å². The van der Waals surface area contributed by atoms with Gasteiger partial charge in [0.2, 0.25) is 0 Å². The van der Waals surface area contributed by atoms with E-state index in [0.717, 1.165) is 11.3 Å². The Hall–Kier alpha value is -2.73. The molecule has 1 aliphatic heterocycles. The summed E-state index contributed by atoms with van der Waals surface area (Å²) in [6, 6.07) is 16.8. The molecule has 0 saturated carbocycles. The molecule has 2 amide bonds. The first-order valence-electron chi connectivity index (χ1n) is 7.77. The van der Waals surface area contributed by atoms with E-state index in [-0.39, 0.29) is 12.1 Å². The molecule has 1 N–H and O–H groups in total. The molecular formula is C18H20N2O4. The fourth-order valence-corrected chi connectivity index (χ4v) is 2.37. The number of carbonyl (C=O) groups is 1. The summed E-state index contributed by atoms with van der Waals surface area (Å²) in [7, 11) is 1.69. The van der Waals surface area contributed by atoms with Crippen LogP contribution in [0.25, 0.3) is 0 Å². The summed E-state index contributed by atoms with van der Waals surface area (Å²) in [6.45, 7) is 1.12. The van der Waals surface area contributed by atoms with E-state index >= 15 is 0 Å². The van der Waals surface area contributed by atoms with Gasteiger partial charge in [0.15, 0.2) is 17.6 Å². The Kier molecular flexibility index (Phi) is 5.18. The van der Waals surface area contributed by atoms with Crippen LogP contribution in [0.3, 0.4) is 0 Å². The molecule has 24 heavy (non-hydrogen) atoms. The number of hydrogen-bond acceptors (Lipinski definition) is 4. The van der Waals surface area contributed by atoms with E-state index < -0.39 is 0 Å². The highest BCUT2D eigenvalue weighted by Gasteiger charge is 2.23. The Bertz CT molecular complexity index is 678. The Morgan fingerprint density at radius 3 is 2.67 bits per heavy atom. The number of amides is 2. The lowest BCUT2D eigenvalue weighted by molar-refractivity contribution is 0.0287. The SMILES string of the molecule is CN(C[C@H]1COc2ccccc2O1)C(=O)NOCc1ccccc1. The van der Waals surface area contributed by atoms with E-state index in [4.69, 9.17) is 14.3 Å². The molecule has 0 aliphatic carbocycles. The molecule has 0 saturated heterocycles. The van der Waals surface area contributed by atoms with Crippen molar-refractivity contribution in [2.24, 2.45) is 0 Å². The van der Waals surface area contributed by atoms with Crippen molar-refractivity contribution >= 4 is 6.03 Å². The van der Waals surface area contributed by atoms with Gasteiger partial charge in [-0.25, -0.2) is 10.3 Å². The molecule has 6 heteroatoms. The van der Waals surface area contributed by atoms with Crippen molar-refractivity contribution in [3.05, 3.63) is 60.2 Å². The number of urea groups is 1. The standard InChI is InChI=1S/C18H20N2O4/c1-20(18(21)19-23-12-14-7-3-2-4-8-14)11-15-13-22-16-9-5-6-10-17(16)24-15/h2-10,15H,11-13H2,1H3,(H,19,21)/t15-/m0/s1. The van der Waals surface area contributed by atoms with Crippen molar-refractivity contribution in [2.45, 2.75) is 12.7 Å². The third kappa shape index (κ3) is 4.17. The van der Waals surface area contributed by atoms with Crippen molar-refractivity contribution < 1.29 is 19.1 Å². The molecule has 1 atom stereocenters. The van der Waals surface area contributed by atoms with E-state index in [1.807, 2.05) is 54.6 Å². The summed E-state index contributed by atoms with van der Waals surface area (Å²) in [6.07, 6.45) is -0.218.